The Labute approximate surface area is 123 Å². The number of halogens is 3. The van der Waals surface area contributed by atoms with Gasteiger partial charge < -0.3 is 4.74 Å². The first-order valence-electron chi connectivity index (χ1n) is 5.23. The maximum Gasteiger partial charge on any atom is 0.339 e. The predicted octanol–water partition coefficient (Wildman–Crippen LogP) is 3.33. The first kappa shape index (κ1) is 16.4. The summed E-state index contributed by atoms with van der Waals surface area (Å²) in [6.45, 7) is 3.82. The average molecular weight is 374 g/mol. The van der Waals surface area contributed by atoms with Crippen LogP contribution < -0.4 is 0 Å². The summed E-state index contributed by atoms with van der Waals surface area (Å²) in [7, 11) is 0.998. The summed E-state index contributed by atoms with van der Waals surface area (Å²) < 4.78 is 40.7. The second-order valence-electron chi connectivity index (χ2n) is 4.20. The molecule has 0 N–H and O–H groups in total. The van der Waals surface area contributed by atoms with E-state index in [0.29, 0.717) is 0 Å². The molecule has 0 aliphatic carbocycles. The highest BCUT2D eigenvalue weighted by Crippen LogP contribution is 2.30. The highest BCUT2D eigenvalue weighted by Gasteiger charge is 2.23. The van der Waals surface area contributed by atoms with Crippen molar-refractivity contribution in [3.8, 4) is 0 Å². The van der Waals surface area contributed by atoms with Gasteiger partial charge in [-0.3, -0.25) is 0 Å². The molecule has 1 aromatic carbocycles. The van der Waals surface area contributed by atoms with E-state index in [4.69, 9.17) is 15.4 Å². The van der Waals surface area contributed by atoms with Crippen molar-refractivity contribution in [2.75, 3.05) is 6.61 Å². The molecule has 0 radical (unpaired) electrons. The number of hydrogen-bond donors (Lipinski definition) is 0. The molecular weight excluding hydrogens is 363 g/mol. The van der Waals surface area contributed by atoms with E-state index < -0.39 is 25.7 Å². The van der Waals surface area contributed by atoms with Gasteiger partial charge >= 0.3 is 5.97 Å². The molecule has 0 unspecified atom stereocenters. The molecule has 0 atom stereocenters. The largest absolute Gasteiger partial charge is 0.462 e. The number of hydrogen-bond acceptors (Lipinski definition) is 4. The molecule has 0 aromatic heterocycles. The van der Waals surface area contributed by atoms with E-state index in [9.17, 15) is 17.6 Å². The lowest BCUT2D eigenvalue weighted by Crippen LogP contribution is -2.12. The summed E-state index contributed by atoms with van der Waals surface area (Å²) in [5, 5.41) is 0. The van der Waals surface area contributed by atoms with E-state index in [1.54, 1.807) is 0 Å². The molecule has 19 heavy (non-hydrogen) atoms. The fourth-order valence-electron chi connectivity index (χ4n) is 1.21. The van der Waals surface area contributed by atoms with Crippen LogP contribution in [0.25, 0.3) is 0 Å². The third-order valence-corrected chi connectivity index (χ3v) is 4.50. The van der Waals surface area contributed by atoms with Gasteiger partial charge in [-0.15, -0.1) is 0 Å². The molecule has 8 heteroatoms. The van der Waals surface area contributed by atoms with Gasteiger partial charge in [0.1, 0.15) is 10.7 Å². The number of rotatable bonds is 4. The van der Waals surface area contributed by atoms with E-state index in [1.807, 2.05) is 13.8 Å². The number of benzene rings is 1. The zero-order valence-corrected chi connectivity index (χ0v) is 13.3. The van der Waals surface area contributed by atoms with Gasteiger partial charge in [-0.1, -0.05) is 13.8 Å². The Balaban J connectivity index is 3.22. The SMILES string of the molecule is CC(C)COC(=O)c1cc(F)cc(S(=O)(=O)Cl)c1Br. The summed E-state index contributed by atoms with van der Waals surface area (Å²) >= 11 is 2.93. The molecule has 0 aliphatic heterocycles. The van der Waals surface area contributed by atoms with Gasteiger partial charge in [-0.2, -0.15) is 0 Å². The summed E-state index contributed by atoms with van der Waals surface area (Å²) in [6.07, 6.45) is 0. The number of carbonyl (C=O) groups excluding carboxylic acids is 1. The fourth-order valence-corrected chi connectivity index (χ4v) is 3.46. The minimum Gasteiger partial charge on any atom is -0.462 e. The number of carbonyl (C=O) groups is 1. The monoisotopic (exact) mass is 372 g/mol. The quantitative estimate of drug-likeness (QED) is 0.600. The molecule has 0 fully saturated rings. The van der Waals surface area contributed by atoms with Crippen molar-refractivity contribution >= 4 is 41.6 Å². The van der Waals surface area contributed by atoms with E-state index in [-0.39, 0.29) is 22.6 Å². The van der Waals surface area contributed by atoms with Crippen molar-refractivity contribution in [2.24, 2.45) is 5.92 Å². The molecule has 0 heterocycles. The van der Waals surface area contributed by atoms with Crippen LogP contribution in [0.4, 0.5) is 4.39 Å². The van der Waals surface area contributed by atoms with Gasteiger partial charge in [0.15, 0.2) is 0 Å². The maximum absolute atomic E-state index is 13.3. The van der Waals surface area contributed by atoms with Crippen LogP contribution in [0.2, 0.25) is 0 Å². The van der Waals surface area contributed by atoms with E-state index in [0.717, 1.165) is 12.1 Å². The van der Waals surface area contributed by atoms with Gasteiger partial charge in [0.05, 0.1) is 16.6 Å². The van der Waals surface area contributed by atoms with Gasteiger partial charge in [0, 0.05) is 10.7 Å². The molecular formula is C11H11BrClFO4S. The van der Waals surface area contributed by atoms with Gasteiger partial charge in [0.2, 0.25) is 0 Å². The van der Waals surface area contributed by atoms with E-state index >= 15 is 0 Å². The predicted molar refractivity (Wildman–Crippen MR) is 72.3 cm³/mol. The van der Waals surface area contributed by atoms with Crippen LogP contribution >= 0.6 is 26.6 Å². The van der Waals surface area contributed by atoms with Crippen LogP contribution in [0.15, 0.2) is 21.5 Å². The highest BCUT2D eigenvalue weighted by molar-refractivity contribution is 9.10. The van der Waals surface area contributed by atoms with Crippen molar-refractivity contribution in [3.05, 3.63) is 28.0 Å². The lowest BCUT2D eigenvalue weighted by atomic mass is 10.2. The Hall–Kier alpha value is -0.660. The first-order valence-corrected chi connectivity index (χ1v) is 8.34. The van der Waals surface area contributed by atoms with Crippen molar-refractivity contribution < 1.29 is 22.3 Å². The Morgan fingerprint density at radius 3 is 2.53 bits per heavy atom. The molecule has 1 aromatic rings. The van der Waals surface area contributed by atoms with Crippen molar-refractivity contribution in [1.82, 2.24) is 0 Å². The minimum absolute atomic E-state index is 0.104. The topological polar surface area (TPSA) is 60.4 Å². The molecule has 0 saturated heterocycles. The van der Waals surface area contributed by atoms with E-state index in [2.05, 4.69) is 15.9 Å². The third kappa shape index (κ3) is 4.43. The van der Waals surface area contributed by atoms with Gasteiger partial charge in [-0.05, 0) is 34.0 Å². The summed E-state index contributed by atoms with van der Waals surface area (Å²) in [5.41, 5.74) is -0.222. The smallest absolute Gasteiger partial charge is 0.339 e. The van der Waals surface area contributed by atoms with Gasteiger partial charge in [-0.25, -0.2) is 17.6 Å². The lowest BCUT2D eigenvalue weighted by molar-refractivity contribution is 0.0457. The summed E-state index contributed by atoms with van der Waals surface area (Å²) in [4.78, 5) is 11.2. The van der Waals surface area contributed by atoms with Crippen molar-refractivity contribution in [1.29, 1.82) is 0 Å². The Morgan fingerprint density at radius 2 is 2.05 bits per heavy atom. The molecule has 0 spiro atoms. The van der Waals surface area contributed by atoms with Crippen LogP contribution in [-0.2, 0) is 13.8 Å². The third-order valence-electron chi connectivity index (χ3n) is 2.03. The molecule has 1 rings (SSSR count). The zero-order chi connectivity index (χ0) is 14.8. The minimum atomic E-state index is -4.17. The van der Waals surface area contributed by atoms with Crippen LogP contribution in [0.5, 0.6) is 0 Å². The summed E-state index contributed by atoms with van der Waals surface area (Å²) in [6, 6.07) is 1.62. The first-order chi connectivity index (χ1) is 8.62. The van der Waals surface area contributed by atoms with Crippen LogP contribution in [0.3, 0.4) is 0 Å². The standard InChI is InChI=1S/C11H11BrClFO4S/c1-6(2)5-18-11(15)8-3-7(14)4-9(10(8)12)19(13,16)17/h3-4,6H,5H2,1-2H3. The molecule has 0 bridgehead atoms. The number of ether oxygens (including phenoxy) is 1. The average Bonchev–Trinajstić information content (AvgIpc) is 2.27. The molecule has 0 saturated carbocycles. The maximum atomic E-state index is 13.3. The number of esters is 1. The Morgan fingerprint density at radius 1 is 1.47 bits per heavy atom. The molecule has 0 amide bonds. The molecule has 0 aliphatic rings. The molecule has 4 nitrogen and oxygen atoms in total. The van der Waals surface area contributed by atoms with Gasteiger partial charge in [0.25, 0.3) is 9.05 Å². The Bertz CT molecular complexity index is 601. The second-order valence-corrected chi connectivity index (χ2v) is 7.52. The normalized spacial score (nSPS) is 11.7. The second kappa shape index (κ2) is 6.19. The van der Waals surface area contributed by atoms with Crippen LogP contribution in [0, 0.1) is 11.7 Å². The Kier molecular flexibility index (Phi) is 5.34. The van der Waals surface area contributed by atoms with Crippen LogP contribution in [0.1, 0.15) is 24.2 Å². The fraction of sp³-hybridized carbons (Fsp3) is 0.364. The molecule has 106 valence electrons. The zero-order valence-electron chi connectivity index (χ0n) is 10.1. The van der Waals surface area contributed by atoms with Crippen LogP contribution in [-0.4, -0.2) is 21.0 Å². The lowest BCUT2D eigenvalue weighted by Gasteiger charge is -2.10. The van der Waals surface area contributed by atoms with Crippen molar-refractivity contribution in [2.45, 2.75) is 18.7 Å². The van der Waals surface area contributed by atoms with E-state index in [1.165, 1.54) is 0 Å². The summed E-state index contributed by atoms with van der Waals surface area (Å²) in [5.74, 6) is -1.60. The van der Waals surface area contributed by atoms with Crippen molar-refractivity contribution in [3.63, 3.8) is 0 Å². The highest BCUT2D eigenvalue weighted by atomic mass is 79.9.